The van der Waals surface area contributed by atoms with Crippen molar-refractivity contribution in [3.8, 4) is 0 Å². The van der Waals surface area contributed by atoms with E-state index in [1.807, 2.05) is 6.20 Å². The molecule has 0 bridgehead atoms. The van der Waals surface area contributed by atoms with Gasteiger partial charge in [0.25, 0.3) is 0 Å². The lowest BCUT2D eigenvalue weighted by molar-refractivity contribution is 0.139. The van der Waals surface area contributed by atoms with E-state index < -0.39 is 0 Å². The molecule has 68 valence electrons. The van der Waals surface area contributed by atoms with Gasteiger partial charge in [-0.05, 0) is 44.0 Å². The Labute approximate surface area is 74.6 Å². The smallest absolute Gasteiger partial charge is 0.0204 e. The zero-order chi connectivity index (χ0) is 8.39. The van der Waals surface area contributed by atoms with Crippen LogP contribution >= 0.6 is 0 Å². The van der Waals surface area contributed by atoms with Crippen molar-refractivity contribution in [2.45, 2.75) is 12.8 Å². The molecule has 12 heavy (non-hydrogen) atoms. The average molecular weight is 166 g/mol. The average Bonchev–Trinajstić information content (AvgIpc) is 2.02. The second-order valence-corrected chi connectivity index (χ2v) is 4.00. The fourth-order valence-electron chi connectivity index (χ4n) is 2.24. The minimum Gasteiger partial charge on any atom is -0.378 e. The standard InChI is InChI=1S/C10H18N2/c1-2-12-5-3-4-9(8-12)10-6-11-7-10/h2,9-11H,1,3-8H2. The van der Waals surface area contributed by atoms with Crippen molar-refractivity contribution in [2.75, 3.05) is 26.2 Å². The first-order chi connectivity index (χ1) is 5.90. The predicted octanol–water partition coefficient (Wildman–Crippen LogP) is 1.06. The van der Waals surface area contributed by atoms with Crippen LogP contribution in [0.2, 0.25) is 0 Å². The van der Waals surface area contributed by atoms with Gasteiger partial charge in [-0.2, -0.15) is 0 Å². The molecule has 1 unspecified atom stereocenters. The second-order valence-electron chi connectivity index (χ2n) is 4.00. The molecule has 2 rings (SSSR count). The van der Waals surface area contributed by atoms with Gasteiger partial charge < -0.3 is 10.2 Å². The van der Waals surface area contributed by atoms with Crippen LogP contribution in [0.5, 0.6) is 0 Å². The third-order valence-electron chi connectivity index (χ3n) is 3.23. The van der Waals surface area contributed by atoms with E-state index >= 15 is 0 Å². The Hall–Kier alpha value is -0.500. The highest BCUT2D eigenvalue weighted by molar-refractivity contribution is 4.88. The molecule has 0 amide bonds. The topological polar surface area (TPSA) is 15.3 Å². The maximum absolute atomic E-state index is 3.83. The second kappa shape index (κ2) is 3.48. The number of piperidine rings is 1. The van der Waals surface area contributed by atoms with E-state index in [2.05, 4.69) is 16.8 Å². The van der Waals surface area contributed by atoms with Gasteiger partial charge in [0.05, 0.1) is 0 Å². The van der Waals surface area contributed by atoms with Crippen molar-refractivity contribution in [3.63, 3.8) is 0 Å². The Morgan fingerprint density at radius 3 is 2.75 bits per heavy atom. The summed E-state index contributed by atoms with van der Waals surface area (Å²) in [4.78, 5) is 2.37. The number of hydrogen-bond acceptors (Lipinski definition) is 2. The largest absolute Gasteiger partial charge is 0.378 e. The van der Waals surface area contributed by atoms with Crippen molar-refractivity contribution in [3.05, 3.63) is 12.8 Å². The van der Waals surface area contributed by atoms with Gasteiger partial charge in [0.2, 0.25) is 0 Å². The highest BCUT2D eigenvalue weighted by Crippen LogP contribution is 2.26. The van der Waals surface area contributed by atoms with Gasteiger partial charge in [0.1, 0.15) is 0 Å². The van der Waals surface area contributed by atoms with Gasteiger partial charge in [-0.15, -0.1) is 0 Å². The van der Waals surface area contributed by atoms with Crippen LogP contribution in [0.1, 0.15) is 12.8 Å². The van der Waals surface area contributed by atoms with E-state index in [0.29, 0.717) is 0 Å². The molecule has 0 radical (unpaired) electrons. The molecule has 0 aromatic rings. The van der Waals surface area contributed by atoms with Gasteiger partial charge in [-0.3, -0.25) is 0 Å². The summed E-state index contributed by atoms with van der Waals surface area (Å²) in [6, 6.07) is 0. The third kappa shape index (κ3) is 1.48. The maximum Gasteiger partial charge on any atom is 0.0204 e. The first-order valence-electron chi connectivity index (χ1n) is 4.97. The van der Waals surface area contributed by atoms with E-state index in [9.17, 15) is 0 Å². The van der Waals surface area contributed by atoms with E-state index in [1.54, 1.807) is 0 Å². The summed E-state index contributed by atoms with van der Waals surface area (Å²) < 4.78 is 0. The molecule has 2 aliphatic heterocycles. The van der Waals surface area contributed by atoms with Crippen LogP contribution in [0.15, 0.2) is 12.8 Å². The molecular weight excluding hydrogens is 148 g/mol. The van der Waals surface area contributed by atoms with Crippen molar-refractivity contribution in [2.24, 2.45) is 11.8 Å². The summed E-state index contributed by atoms with van der Waals surface area (Å²) in [6.07, 6.45) is 4.78. The van der Waals surface area contributed by atoms with E-state index in [1.165, 1.54) is 39.0 Å². The Morgan fingerprint density at radius 2 is 2.17 bits per heavy atom. The lowest BCUT2D eigenvalue weighted by atomic mass is 9.82. The number of nitrogens with zero attached hydrogens (tertiary/aromatic N) is 1. The van der Waals surface area contributed by atoms with E-state index in [0.717, 1.165) is 11.8 Å². The van der Waals surface area contributed by atoms with Crippen molar-refractivity contribution in [1.82, 2.24) is 10.2 Å². The molecule has 0 saturated carbocycles. The van der Waals surface area contributed by atoms with E-state index in [-0.39, 0.29) is 0 Å². The predicted molar refractivity (Wildman–Crippen MR) is 50.9 cm³/mol. The number of nitrogens with one attached hydrogen (secondary N) is 1. The van der Waals surface area contributed by atoms with E-state index in [4.69, 9.17) is 0 Å². The summed E-state index contributed by atoms with van der Waals surface area (Å²) in [5, 5.41) is 3.35. The number of likely N-dealkylation sites (tertiary alicyclic amines) is 1. The molecule has 2 aliphatic rings. The first kappa shape index (κ1) is 8.11. The summed E-state index contributed by atoms with van der Waals surface area (Å²) >= 11 is 0. The van der Waals surface area contributed by atoms with Crippen LogP contribution in [-0.2, 0) is 0 Å². The lowest BCUT2D eigenvalue weighted by Gasteiger charge is -2.40. The zero-order valence-electron chi connectivity index (χ0n) is 7.63. The normalized spacial score (nSPS) is 31.3. The summed E-state index contributed by atoms with van der Waals surface area (Å²) in [5.74, 6) is 1.88. The van der Waals surface area contributed by atoms with Crippen LogP contribution in [-0.4, -0.2) is 31.1 Å². The fourth-order valence-corrected chi connectivity index (χ4v) is 2.24. The SMILES string of the molecule is C=CN1CCCC(C2CNC2)C1. The zero-order valence-corrected chi connectivity index (χ0v) is 7.63. The summed E-state index contributed by atoms with van der Waals surface area (Å²) in [5.41, 5.74) is 0. The molecule has 2 heteroatoms. The molecular formula is C10H18N2. The van der Waals surface area contributed by atoms with Crippen LogP contribution in [0.25, 0.3) is 0 Å². The maximum atomic E-state index is 3.83. The molecule has 2 nitrogen and oxygen atoms in total. The van der Waals surface area contributed by atoms with Gasteiger partial charge in [0.15, 0.2) is 0 Å². The minimum absolute atomic E-state index is 0.929. The number of rotatable bonds is 2. The molecule has 0 aromatic heterocycles. The monoisotopic (exact) mass is 166 g/mol. The molecule has 0 spiro atoms. The summed E-state index contributed by atoms with van der Waals surface area (Å²) in [7, 11) is 0. The Bertz CT molecular complexity index is 163. The lowest BCUT2D eigenvalue weighted by Crippen LogP contribution is -2.50. The van der Waals surface area contributed by atoms with Crippen LogP contribution in [0.3, 0.4) is 0 Å². The van der Waals surface area contributed by atoms with Crippen LogP contribution in [0, 0.1) is 11.8 Å². The van der Waals surface area contributed by atoms with Gasteiger partial charge >= 0.3 is 0 Å². The molecule has 0 aliphatic carbocycles. The highest BCUT2D eigenvalue weighted by atomic mass is 15.1. The Morgan fingerprint density at radius 1 is 1.33 bits per heavy atom. The van der Waals surface area contributed by atoms with Crippen LogP contribution in [0.4, 0.5) is 0 Å². The van der Waals surface area contributed by atoms with Crippen molar-refractivity contribution >= 4 is 0 Å². The van der Waals surface area contributed by atoms with Crippen LogP contribution < -0.4 is 5.32 Å². The molecule has 1 atom stereocenters. The van der Waals surface area contributed by atoms with Gasteiger partial charge in [-0.1, -0.05) is 6.58 Å². The molecule has 2 heterocycles. The molecule has 2 saturated heterocycles. The number of hydrogen-bond donors (Lipinski definition) is 1. The van der Waals surface area contributed by atoms with Crippen molar-refractivity contribution < 1.29 is 0 Å². The highest BCUT2D eigenvalue weighted by Gasteiger charge is 2.29. The summed E-state index contributed by atoms with van der Waals surface area (Å²) in [6.45, 7) is 8.79. The van der Waals surface area contributed by atoms with Crippen molar-refractivity contribution in [1.29, 1.82) is 0 Å². The molecule has 0 aromatic carbocycles. The van der Waals surface area contributed by atoms with Gasteiger partial charge in [0, 0.05) is 13.1 Å². The first-order valence-corrected chi connectivity index (χ1v) is 4.97. The fraction of sp³-hybridized carbons (Fsp3) is 0.800. The quantitative estimate of drug-likeness (QED) is 0.660. The minimum atomic E-state index is 0.929. The Kier molecular flexibility index (Phi) is 2.35. The third-order valence-corrected chi connectivity index (χ3v) is 3.23. The Balaban J connectivity index is 1.84. The van der Waals surface area contributed by atoms with Gasteiger partial charge in [-0.25, -0.2) is 0 Å². The molecule has 1 N–H and O–H groups in total. The molecule has 2 fully saturated rings.